The fourth-order valence-electron chi connectivity index (χ4n) is 2.25. The number of halogens is 3. The number of rotatable bonds is 5. The molecule has 0 bridgehead atoms. The summed E-state index contributed by atoms with van der Waals surface area (Å²) in [5, 5.41) is 11.1. The SMILES string of the molecule is CCOC(=O)C(=O)c1c(Cl)c(C(=O)Nc2ccc(F)c(C#N)c2)n(C)c1Br. The van der Waals surface area contributed by atoms with Crippen molar-refractivity contribution in [2.75, 3.05) is 11.9 Å². The van der Waals surface area contributed by atoms with Gasteiger partial charge in [0.05, 0.1) is 27.4 Å². The Labute approximate surface area is 166 Å². The summed E-state index contributed by atoms with van der Waals surface area (Å²) in [5.74, 6) is -3.55. The molecule has 0 atom stereocenters. The highest BCUT2D eigenvalue weighted by Gasteiger charge is 2.31. The molecule has 2 aromatic rings. The number of nitriles is 1. The summed E-state index contributed by atoms with van der Waals surface area (Å²) in [6.45, 7) is 1.55. The minimum absolute atomic E-state index is 0.00574. The molecule has 0 aliphatic carbocycles. The molecule has 0 unspecified atom stereocenters. The molecule has 0 saturated carbocycles. The average molecular weight is 457 g/mol. The van der Waals surface area contributed by atoms with Crippen LogP contribution in [0.15, 0.2) is 22.8 Å². The van der Waals surface area contributed by atoms with Crippen molar-refractivity contribution in [3.8, 4) is 6.07 Å². The Hall–Kier alpha value is -2.70. The van der Waals surface area contributed by atoms with Gasteiger partial charge in [-0.05, 0) is 41.1 Å². The Kier molecular flexibility index (Phi) is 6.36. The van der Waals surface area contributed by atoms with Crippen LogP contribution in [0, 0.1) is 17.1 Å². The quantitative estimate of drug-likeness (QED) is 0.422. The Morgan fingerprint density at radius 3 is 2.67 bits per heavy atom. The molecule has 0 saturated heterocycles. The zero-order valence-electron chi connectivity index (χ0n) is 14.1. The third kappa shape index (κ3) is 4.02. The van der Waals surface area contributed by atoms with Crippen LogP contribution in [0.25, 0.3) is 0 Å². The van der Waals surface area contributed by atoms with E-state index in [0.29, 0.717) is 0 Å². The lowest BCUT2D eigenvalue weighted by Gasteiger charge is -2.08. The summed E-state index contributed by atoms with van der Waals surface area (Å²) in [6.07, 6.45) is 0. The molecule has 0 spiro atoms. The second-order valence-electron chi connectivity index (χ2n) is 5.20. The number of nitrogens with zero attached hydrogens (tertiary/aromatic N) is 2. The molecule has 1 N–H and O–H groups in total. The Morgan fingerprint density at radius 2 is 2.07 bits per heavy atom. The van der Waals surface area contributed by atoms with Crippen molar-refractivity contribution in [1.29, 1.82) is 5.26 Å². The first-order chi connectivity index (χ1) is 12.7. The van der Waals surface area contributed by atoms with Gasteiger partial charge >= 0.3 is 5.97 Å². The van der Waals surface area contributed by atoms with Gasteiger partial charge in [-0.3, -0.25) is 9.59 Å². The normalized spacial score (nSPS) is 10.2. The van der Waals surface area contributed by atoms with Crippen molar-refractivity contribution in [2.24, 2.45) is 7.05 Å². The highest BCUT2D eigenvalue weighted by Crippen LogP contribution is 2.32. The van der Waals surface area contributed by atoms with Crippen LogP contribution in [0.3, 0.4) is 0 Å². The molecule has 0 aliphatic rings. The van der Waals surface area contributed by atoms with E-state index in [0.717, 1.165) is 12.1 Å². The molecule has 0 fully saturated rings. The molecule has 7 nitrogen and oxygen atoms in total. The van der Waals surface area contributed by atoms with E-state index < -0.39 is 23.5 Å². The maximum Gasteiger partial charge on any atom is 0.379 e. The second kappa shape index (κ2) is 8.33. The van der Waals surface area contributed by atoms with Crippen LogP contribution in [0.5, 0.6) is 0 Å². The molecule has 2 rings (SSSR count). The number of hydrogen-bond donors (Lipinski definition) is 1. The van der Waals surface area contributed by atoms with Crippen molar-refractivity contribution in [2.45, 2.75) is 6.92 Å². The first-order valence-corrected chi connectivity index (χ1v) is 8.66. The lowest BCUT2D eigenvalue weighted by molar-refractivity contribution is -0.137. The van der Waals surface area contributed by atoms with Crippen LogP contribution in [0.2, 0.25) is 5.02 Å². The van der Waals surface area contributed by atoms with E-state index in [2.05, 4.69) is 26.0 Å². The molecule has 1 aromatic carbocycles. The third-order valence-corrected chi connectivity index (χ3v) is 4.81. The molecular weight excluding hydrogens is 445 g/mol. The van der Waals surface area contributed by atoms with Crippen LogP contribution in [-0.2, 0) is 16.6 Å². The Bertz CT molecular complexity index is 997. The maximum atomic E-state index is 13.4. The van der Waals surface area contributed by atoms with Crippen LogP contribution < -0.4 is 5.32 Å². The van der Waals surface area contributed by atoms with Crippen LogP contribution in [0.4, 0.5) is 10.1 Å². The highest BCUT2D eigenvalue weighted by molar-refractivity contribution is 9.10. The molecule has 10 heteroatoms. The van der Waals surface area contributed by atoms with Crippen molar-refractivity contribution in [3.05, 3.63) is 50.5 Å². The molecule has 27 heavy (non-hydrogen) atoms. The van der Waals surface area contributed by atoms with E-state index in [1.165, 1.54) is 17.7 Å². The molecule has 0 radical (unpaired) electrons. The molecule has 0 aliphatic heterocycles. The summed E-state index contributed by atoms with van der Waals surface area (Å²) < 4.78 is 19.5. The fourth-order valence-corrected chi connectivity index (χ4v) is 3.30. The number of carbonyl (C=O) groups excluding carboxylic acids is 3. The van der Waals surface area contributed by atoms with Gasteiger partial charge in [0.15, 0.2) is 0 Å². The van der Waals surface area contributed by atoms with Gasteiger partial charge in [0.1, 0.15) is 17.6 Å². The number of hydrogen-bond acceptors (Lipinski definition) is 5. The third-order valence-electron chi connectivity index (χ3n) is 3.51. The van der Waals surface area contributed by atoms with Gasteiger partial charge in [0, 0.05) is 12.7 Å². The molecule has 140 valence electrons. The monoisotopic (exact) mass is 455 g/mol. The number of nitrogens with one attached hydrogen (secondary N) is 1. The minimum Gasteiger partial charge on any atom is -0.460 e. The molecular formula is C17H12BrClFN3O4. The first-order valence-electron chi connectivity index (χ1n) is 7.49. The number of benzene rings is 1. The zero-order valence-corrected chi connectivity index (χ0v) is 16.4. The van der Waals surface area contributed by atoms with Crippen molar-refractivity contribution >= 4 is 50.9 Å². The smallest absolute Gasteiger partial charge is 0.379 e. The van der Waals surface area contributed by atoms with E-state index in [-0.39, 0.29) is 38.7 Å². The Morgan fingerprint density at radius 1 is 1.41 bits per heavy atom. The predicted octanol–water partition coefficient (Wildman–Crippen LogP) is 3.45. The van der Waals surface area contributed by atoms with E-state index in [1.54, 1.807) is 13.0 Å². The predicted molar refractivity (Wildman–Crippen MR) is 98.2 cm³/mol. The minimum atomic E-state index is -1.10. The number of Topliss-reactive ketones (excluding diaryl/α,β-unsaturated/α-hetero) is 1. The van der Waals surface area contributed by atoms with Gasteiger partial charge in [-0.2, -0.15) is 5.26 Å². The lowest BCUT2D eigenvalue weighted by Crippen LogP contribution is -2.18. The van der Waals surface area contributed by atoms with E-state index in [4.69, 9.17) is 16.9 Å². The summed E-state index contributed by atoms with van der Waals surface area (Å²) in [7, 11) is 1.46. The standard InChI is InChI=1S/C17H12BrClFN3O4/c1-3-27-17(26)14(24)11-12(19)13(23(2)15(11)18)16(25)22-9-4-5-10(20)8(6-9)7-21/h4-6H,3H2,1-2H3,(H,22,25). The number of esters is 1. The first kappa shape index (κ1) is 20.6. The van der Waals surface area contributed by atoms with Crippen molar-refractivity contribution < 1.29 is 23.5 Å². The van der Waals surface area contributed by atoms with Gasteiger partial charge in [-0.15, -0.1) is 0 Å². The molecule has 1 aromatic heterocycles. The zero-order chi connectivity index (χ0) is 20.3. The number of amides is 1. The van der Waals surface area contributed by atoms with Crippen LogP contribution >= 0.6 is 27.5 Å². The van der Waals surface area contributed by atoms with Crippen LogP contribution in [0.1, 0.15) is 33.3 Å². The summed E-state index contributed by atoms with van der Waals surface area (Å²) in [6, 6.07) is 5.12. The number of ether oxygens (including phenoxy) is 1. The van der Waals surface area contributed by atoms with Gasteiger partial charge in [-0.25, -0.2) is 9.18 Å². The molecule has 1 amide bonds. The fraction of sp³-hybridized carbons (Fsp3) is 0.176. The second-order valence-corrected chi connectivity index (χ2v) is 6.33. The Balaban J connectivity index is 2.40. The van der Waals surface area contributed by atoms with Gasteiger partial charge in [-0.1, -0.05) is 11.6 Å². The topological polar surface area (TPSA) is 101 Å². The van der Waals surface area contributed by atoms with E-state index in [9.17, 15) is 18.8 Å². The van der Waals surface area contributed by atoms with Gasteiger partial charge < -0.3 is 14.6 Å². The van der Waals surface area contributed by atoms with E-state index >= 15 is 0 Å². The van der Waals surface area contributed by atoms with Crippen molar-refractivity contribution in [3.63, 3.8) is 0 Å². The van der Waals surface area contributed by atoms with Gasteiger partial charge in [0.2, 0.25) is 0 Å². The lowest BCUT2D eigenvalue weighted by atomic mass is 10.2. The number of aromatic nitrogens is 1. The highest BCUT2D eigenvalue weighted by atomic mass is 79.9. The summed E-state index contributed by atoms with van der Waals surface area (Å²) in [4.78, 5) is 36.5. The number of anilines is 1. The largest absolute Gasteiger partial charge is 0.460 e. The van der Waals surface area contributed by atoms with Crippen LogP contribution in [-0.4, -0.2) is 28.8 Å². The van der Waals surface area contributed by atoms with Gasteiger partial charge in [0.25, 0.3) is 11.7 Å². The number of ketones is 1. The van der Waals surface area contributed by atoms with E-state index in [1.807, 2.05) is 0 Å². The average Bonchev–Trinajstić information content (AvgIpc) is 2.85. The maximum absolute atomic E-state index is 13.4. The number of carbonyl (C=O) groups is 3. The summed E-state index contributed by atoms with van der Waals surface area (Å²) in [5.41, 5.74) is -0.409. The van der Waals surface area contributed by atoms with Crippen molar-refractivity contribution in [1.82, 2.24) is 4.57 Å². The molecule has 1 heterocycles. The summed E-state index contributed by atoms with van der Waals surface area (Å²) >= 11 is 9.30.